The second-order valence-corrected chi connectivity index (χ2v) is 6.91. The van der Waals surface area contributed by atoms with E-state index in [4.69, 9.17) is 0 Å². The second-order valence-electron chi connectivity index (χ2n) is 6.91. The van der Waals surface area contributed by atoms with E-state index in [1.54, 1.807) is 0 Å². The number of amides is 2. The predicted molar refractivity (Wildman–Crippen MR) is 99.5 cm³/mol. The first-order chi connectivity index (χ1) is 12.2. The third-order valence-electron chi connectivity index (χ3n) is 4.99. The molecule has 134 valence electrons. The van der Waals surface area contributed by atoms with Gasteiger partial charge in [0.25, 0.3) is 5.91 Å². The Morgan fingerprint density at radius 2 is 2.00 bits per heavy atom. The lowest BCUT2D eigenvalue weighted by Crippen LogP contribution is -2.39. The van der Waals surface area contributed by atoms with Crippen molar-refractivity contribution < 1.29 is 9.59 Å². The molecule has 1 aliphatic heterocycles. The van der Waals surface area contributed by atoms with Crippen molar-refractivity contribution in [2.45, 2.75) is 39.0 Å². The van der Waals surface area contributed by atoms with Gasteiger partial charge >= 0.3 is 0 Å². The normalized spacial score (nSPS) is 15.5. The van der Waals surface area contributed by atoms with Crippen molar-refractivity contribution in [3.8, 4) is 0 Å². The van der Waals surface area contributed by atoms with Gasteiger partial charge in [-0.15, -0.1) is 0 Å². The molecule has 1 fully saturated rings. The minimum Gasteiger partial charge on any atom is -0.356 e. The first-order valence-corrected chi connectivity index (χ1v) is 9.31. The van der Waals surface area contributed by atoms with Gasteiger partial charge in [0.1, 0.15) is 5.69 Å². The van der Waals surface area contributed by atoms with Crippen LogP contribution in [0.1, 0.15) is 49.5 Å². The molecule has 25 heavy (non-hydrogen) atoms. The van der Waals surface area contributed by atoms with Crippen molar-refractivity contribution in [1.82, 2.24) is 15.2 Å². The van der Waals surface area contributed by atoms with Crippen LogP contribution in [0.4, 0.5) is 0 Å². The van der Waals surface area contributed by atoms with E-state index in [2.05, 4.69) is 17.2 Å². The summed E-state index contributed by atoms with van der Waals surface area (Å²) >= 11 is 0. The average Bonchev–Trinajstić information content (AvgIpc) is 3.06. The molecule has 1 aromatic carbocycles. The van der Waals surface area contributed by atoms with E-state index < -0.39 is 0 Å². The Balaban J connectivity index is 1.50. The number of aromatic amines is 1. The van der Waals surface area contributed by atoms with Crippen LogP contribution >= 0.6 is 0 Å². The summed E-state index contributed by atoms with van der Waals surface area (Å²) < 4.78 is 0. The Morgan fingerprint density at radius 1 is 1.24 bits per heavy atom. The molecule has 5 heteroatoms. The van der Waals surface area contributed by atoms with E-state index in [0.29, 0.717) is 18.0 Å². The van der Waals surface area contributed by atoms with Crippen LogP contribution in [0.15, 0.2) is 30.3 Å². The molecule has 1 saturated heterocycles. The van der Waals surface area contributed by atoms with Crippen LogP contribution in [0.3, 0.4) is 0 Å². The number of rotatable bonds is 6. The number of likely N-dealkylation sites (tertiary alicyclic amines) is 1. The summed E-state index contributed by atoms with van der Waals surface area (Å²) in [6.07, 6.45) is 4.50. The number of aromatic nitrogens is 1. The van der Waals surface area contributed by atoms with Crippen molar-refractivity contribution in [2.24, 2.45) is 5.92 Å². The van der Waals surface area contributed by atoms with Crippen LogP contribution in [0, 0.1) is 5.92 Å². The Morgan fingerprint density at radius 3 is 2.72 bits per heavy atom. The van der Waals surface area contributed by atoms with Gasteiger partial charge in [0.2, 0.25) is 5.91 Å². The summed E-state index contributed by atoms with van der Waals surface area (Å²) in [6, 6.07) is 9.85. The van der Waals surface area contributed by atoms with Gasteiger partial charge in [-0.25, -0.2) is 0 Å². The molecular formula is C20H27N3O2. The SMILES string of the molecule is CCCCNC(=O)CC1CCN(C(=O)c2cc3ccccc3[nH]2)CC1. The Kier molecular flexibility index (Phi) is 5.74. The van der Waals surface area contributed by atoms with E-state index in [0.717, 1.165) is 56.2 Å². The third kappa shape index (κ3) is 4.41. The zero-order valence-electron chi connectivity index (χ0n) is 14.9. The second kappa shape index (κ2) is 8.19. The Bertz CT molecular complexity index is 696. The molecule has 5 nitrogen and oxygen atoms in total. The lowest BCUT2D eigenvalue weighted by Gasteiger charge is -2.31. The number of benzene rings is 1. The lowest BCUT2D eigenvalue weighted by molar-refractivity contribution is -0.122. The average molecular weight is 341 g/mol. The molecule has 0 unspecified atom stereocenters. The van der Waals surface area contributed by atoms with E-state index >= 15 is 0 Å². The number of para-hydroxylation sites is 1. The molecule has 1 aliphatic rings. The molecule has 2 heterocycles. The van der Waals surface area contributed by atoms with Crippen molar-refractivity contribution in [2.75, 3.05) is 19.6 Å². The van der Waals surface area contributed by atoms with Gasteiger partial charge in [0.15, 0.2) is 0 Å². The van der Waals surface area contributed by atoms with Crippen LogP contribution in [0.2, 0.25) is 0 Å². The van der Waals surface area contributed by atoms with E-state index in [9.17, 15) is 9.59 Å². The zero-order chi connectivity index (χ0) is 17.6. The van der Waals surface area contributed by atoms with Crippen LogP contribution in [-0.4, -0.2) is 41.3 Å². The molecule has 2 amide bonds. The molecule has 1 aromatic heterocycles. The number of hydrogen-bond donors (Lipinski definition) is 2. The van der Waals surface area contributed by atoms with Gasteiger partial charge < -0.3 is 15.2 Å². The molecule has 0 radical (unpaired) electrons. The van der Waals surface area contributed by atoms with Gasteiger partial charge in [-0.05, 0) is 37.3 Å². The summed E-state index contributed by atoms with van der Waals surface area (Å²) in [5, 5.41) is 4.04. The topological polar surface area (TPSA) is 65.2 Å². The van der Waals surface area contributed by atoms with Crippen molar-refractivity contribution >= 4 is 22.7 Å². The van der Waals surface area contributed by atoms with Gasteiger partial charge in [-0.2, -0.15) is 0 Å². The van der Waals surface area contributed by atoms with Crippen molar-refractivity contribution in [1.29, 1.82) is 0 Å². The Hall–Kier alpha value is -2.30. The summed E-state index contributed by atoms with van der Waals surface area (Å²) in [7, 11) is 0. The number of nitrogens with one attached hydrogen (secondary N) is 2. The number of hydrogen-bond acceptors (Lipinski definition) is 2. The molecule has 3 rings (SSSR count). The molecule has 2 aromatic rings. The van der Waals surface area contributed by atoms with Crippen LogP contribution in [-0.2, 0) is 4.79 Å². The highest BCUT2D eigenvalue weighted by Gasteiger charge is 2.25. The summed E-state index contributed by atoms with van der Waals surface area (Å²) in [5.74, 6) is 0.587. The number of carbonyl (C=O) groups excluding carboxylic acids is 2. The maximum absolute atomic E-state index is 12.7. The standard InChI is InChI=1S/C20H27N3O2/c1-2-3-10-21-19(24)13-15-8-11-23(12-9-15)20(25)18-14-16-6-4-5-7-17(16)22-18/h4-7,14-15,22H,2-3,8-13H2,1H3,(H,21,24). The van der Waals surface area contributed by atoms with Crippen molar-refractivity contribution in [3.63, 3.8) is 0 Å². The minimum absolute atomic E-state index is 0.0575. The van der Waals surface area contributed by atoms with E-state index in [-0.39, 0.29) is 11.8 Å². The van der Waals surface area contributed by atoms with E-state index in [1.807, 2.05) is 35.2 Å². The largest absolute Gasteiger partial charge is 0.356 e. The number of nitrogens with zero attached hydrogens (tertiary/aromatic N) is 1. The minimum atomic E-state index is 0.0575. The number of unbranched alkanes of at least 4 members (excludes halogenated alkanes) is 1. The number of fused-ring (bicyclic) bond motifs is 1. The quantitative estimate of drug-likeness (QED) is 0.792. The fraction of sp³-hybridized carbons (Fsp3) is 0.500. The first kappa shape index (κ1) is 17.5. The van der Waals surface area contributed by atoms with E-state index in [1.165, 1.54) is 0 Å². The molecule has 0 spiro atoms. The highest BCUT2D eigenvalue weighted by molar-refractivity contribution is 5.98. The summed E-state index contributed by atoms with van der Waals surface area (Å²) in [6.45, 7) is 4.33. The Labute approximate surface area is 148 Å². The van der Waals surface area contributed by atoms with Gasteiger partial charge in [-0.3, -0.25) is 9.59 Å². The third-order valence-corrected chi connectivity index (χ3v) is 4.99. The van der Waals surface area contributed by atoms with Gasteiger partial charge in [-0.1, -0.05) is 31.5 Å². The number of piperidine rings is 1. The van der Waals surface area contributed by atoms with Crippen LogP contribution in [0.25, 0.3) is 10.9 Å². The number of carbonyl (C=O) groups is 2. The maximum Gasteiger partial charge on any atom is 0.270 e. The monoisotopic (exact) mass is 341 g/mol. The number of H-pyrrole nitrogens is 1. The highest BCUT2D eigenvalue weighted by atomic mass is 16.2. The lowest BCUT2D eigenvalue weighted by atomic mass is 9.93. The fourth-order valence-electron chi connectivity index (χ4n) is 3.44. The zero-order valence-corrected chi connectivity index (χ0v) is 14.9. The van der Waals surface area contributed by atoms with Gasteiger partial charge in [0.05, 0.1) is 0 Å². The van der Waals surface area contributed by atoms with Crippen molar-refractivity contribution in [3.05, 3.63) is 36.0 Å². The van der Waals surface area contributed by atoms with Crippen LogP contribution in [0.5, 0.6) is 0 Å². The molecular weight excluding hydrogens is 314 g/mol. The maximum atomic E-state index is 12.7. The molecule has 0 saturated carbocycles. The van der Waals surface area contributed by atoms with Gasteiger partial charge in [0, 0.05) is 37.0 Å². The highest BCUT2D eigenvalue weighted by Crippen LogP contribution is 2.23. The predicted octanol–water partition coefficient (Wildman–Crippen LogP) is 3.33. The summed E-state index contributed by atoms with van der Waals surface area (Å²) in [5.41, 5.74) is 1.64. The smallest absolute Gasteiger partial charge is 0.270 e. The summed E-state index contributed by atoms with van der Waals surface area (Å²) in [4.78, 5) is 29.7. The fourth-order valence-corrected chi connectivity index (χ4v) is 3.44. The van der Waals surface area contributed by atoms with Crippen LogP contribution < -0.4 is 5.32 Å². The molecule has 0 bridgehead atoms. The molecule has 0 aliphatic carbocycles. The molecule has 2 N–H and O–H groups in total. The first-order valence-electron chi connectivity index (χ1n) is 9.31. The molecule has 0 atom stereocenters.